The third kappa shape index (κ3) is 3.37. The van der Waals surface area contributed by atoms with Gasteiger partial charge in [-0.3, -0.25) is 0 Å². The molecule has 96 valence electrons. The number of aromatic hydroxyl groups is 2. The summed E-state index contributed by atoms with van der Waals surface area (Å²) in [5, 5.41) is 44.9. The molecule has 0 saturated carbocycles. The van der Waals surface area contributed by atoms with Gasteiger partial charge in [0, 0.05) is 0 Å². The van der Waals surface area contributed by atoms with Crippen LogP contribution >= 0.6 is 0 Å². The van der Waals surface area contributed by atoms with E-state index in [0.29, 0.717) is 0 Å². The highest BCUT2D eigenvalue weighted by Gasteiger charge is 2.29. The number of aliphatic hydroxyl groups is 3. The summed E-state index contributed by atoms with van der Waals surface area (Å²) in [6.45, 7) is -1.82. The molecule has 0 amide bonds. The highest BCUT2D eigenvalue weighted by atomic mass is 16.5. The van der Waals surface area contributed by atoms with Crippen LogP contribution in [0.2, 0.25) is 0 Å². The fraction of sp³-hybridized carbons (Fsp3) is 0.625. The Bertz CT molecular complexity index is 342. The summed E-state index contributed by atoms with van der Waals surface area (Å²) in [6, 6.07) is -1.83. The van der Waals surface area contributed by atoms with Crippen LogP contribution in [0.25, 0.3) is 0 Å². The van der Waals surface area contributed by atoms with E-state index in [1.165, 1.54) is 0 Å². The van der Waals surface area contributed by atoms with Gasteiger partial charge in [0.2, 0.25) is 0 Å². The van der Waals surface area contributed by atoms with Gasteiger partial charge in [0.15, 0.2) is 0 Å². The molecule has 17 heavy (non-hydrogen) atoms. The normalized spacial score (nSPS) is 11.5. The maximum atomic E-state index is 9.01. The van der Waals surface area contributed by atoms with Crippen molar-refractivity contribution in [1.82, 2.24) is 15.0 Å². The van der Waals surface area contributed by atoms with Gasteiger partial charge in [-0.1, -0.05) is 0 Å². The second kappa shape index (κ2) is 5.57. The van der Waals surface area contributed by atoms with Crippen LogP contribution in [0.4, 0.5) is 0 Å². The maximum Gasteiger partial charge on any atom is 0.325 e. The Morgan fingerprint density at radius 1 is 0.882 bits per heavy atom. The molecule has 0 atom stereocenters. The number of nitrogens with zero attached hydrogens (tertiary/aromatic N) is 3. The van der Waals surface area contributed by atoms with Gasteiger partial charge in [-0.25, -0.2) is 0 Å². The zero-order chi connectivity index (χ0) is 12.9. The summed E-state index contributed by atoms with van der Waals surface area (Å²) in [7, 11) is 0. The van der Waals surface area contributed by atoms with E-state index >= 15 is 0 Å². The number of rotatable bonds is 6. The summed E-state index contributed by atoms with van der Waals surface area (Å²) < 4.78 is 4.94. The fourth-order valence-corrected chi connectivity index (χ4v) is 0.905. The van der Waals surface area contributed by atoms with Crippen LogP contribution in [0.1, 0.15) is 0 Å². The highest BCUT2D eigenvalue weighted by Crippen LogP contribution is 2.18. The predicted octanol–water partition coefficient (Wildman–Crippen LogP) is -2.38. The number of aliphatic hydroxyl groups excluding tert-OH is 3. The van der Waals surface area contributed by atoms with Gasteiger partial charge < -0.3 is 30.3 Å². The highest BCUT2D eigenvalue weighted by molar-refractivity contribution is 5.06. The van der Waals surface area contributed by atoms with E-state index in [0.717, 1.165) is 0 Å². The second-order valence-electron chi connectivity index (χ2n) is 3.48. The summed E-state index contributed by atoms with van der Waals surface area (Å²) in [6.07, 6.45) is 0. The minimum Gasteiger partial charge on any atom is -0.479 e. The molecule has 1 aromatic heterocycles. The molecule has 0 unspecified atom stereocenters. The van der Waals surface area contributed by atoms with Crippen molar-refractivity contribution in [3.8, 4) is 18.0 Å². The summed E-state index contributed by atoms with van der Waals surface area (Å²) >= 11 is 0. The molecule has 0 bridgehead atoms. The molecule has 1 heterocycles. The fourth-order valence-electron chi connectivity index (χ4n) is 0.905. The van der Waals surface area contributed by atoms with Crippen LogP contribution in [-0.2, 0) is 0 Å². The first-order valence-electron chi connectivity index (χ1n) is 4.64. The molecule has 9 nitrogen and oxygen atoms in total. The minimum absolute atomic E-state index is 0.292. The molecule has 0 fully saturated rings. The van der Waals surface area contributed by atoms with Gasteiger partial charge in [0.1, 0.15) is 6.61 Å². The van der Waals surface area contributed by atoms with E-state index < -0.39 is 37.3 Å². The first-order valence-corrected chi connectivity index (χ1v) is 4.64. The van der Waals surface area contributed by atoms with Crippen molar-refractivity contribution in [2.45, 2.75) is 0 Å². The quantitative estimate of drug-likeness (QED) is 0.371. The van der Waals surface area contributed by atoms with Gasteiger partial charge in [0.05, 0.1) is 25.2 Å². The molecular weight excluding hydrogens is 234 g/mol. The smallest absolute Gasteiger partial charge is 0.325 e. The third-order valence-corrected chi connectivity index (χ3v) is 2.10. The summed E-state index contributed by atoms with van der Waals surface area (Å²) in [5.74, 6) is 0. The lowest BCUT2D eigenvalue weighted by Crippen LogP contribution is -2.40. The van der Waals surface area contributed by atoms with Crippen LogP contribution in [0.15, 0.2) is 0 Å². The van der Waals surface area contributed by atoms with Crippen molar-refractivity contribution in [3.05, 3.63) is 0 Å². The largest absolute Gasteiger partial charge is 0.479 e. The van der Waals surface area contributed by atoms with Gasteiger partial charge >= 0.3 is 18.0 Å². The lowest BCUT2D eigenvalue weighted by molar-refractivity contribution is -0.0281. The monoisotopic (exact) mass is 247 g/mol. The minimum atomic E-state index is -1.25. The van der Waals surface area contributed by atoms with E-state index in [9.17, 15) is 0 Å². The van der Waals surface area contributed by atoms with E-state index in [4.69, 9.17) is 30.3 Å². The zero-order valence-corrected chi connectivity index (χ0v) is 8.81. The number of ether oxygens (including phenoxy) is 1. The van der Waals surface area contributed by atoms with E-state index in [-0.39, 0.29) is 12.6 Å². The van der Waals surface area contributed by atoms with Crippen molar-refractivity contribution in [2.24, 2.45) is 5.41 Å². The van der Waals surface area contributed by atoms with E-state index in [1.54, 1.807) is 0 Å². The second-order valence-corrected chi connectivity index (χ2v) is 3.48. The Balaban J connectivity index is 2.71. The average Bonchev–Trinajstić information content (AvgIpc) is 2.30. The maximum absolute atomic E-state index is 9.01. The first-order chi connectivity index (χ1) is 8.05. The topological polar surface area (TPSA) is 149 Å². The molecule has 0 radical (unpaired) electrons. The number of hydrogen-bond acceptors (Lipinski definition) is 9. The Morgan fingerprint density at radius 2 is 1.35 bits per heavy atom. The van der Waals surface area contributed by atoms with E-state index in [2.05, 4.69) is 15.0 Å². The van der Waals surface area contributed by atoms with Gasteiger partial charge in [-0.05, 0) is 0 Å². The van der Waals surface area contributed by atoms with Crippen LogP contribution in [0.3, 0.4) is 0 Å². The molecule has 0 saturated heterocycles. The molecule has 9 heteroatoms. The molecule has 0 aliphatic heterocycles. The standard InChI is InChI=1S/C8H13N3O6/c12-1-8(2-13,3-14)4-17-7-10-5(15)9-6(16)11-7/h12-14H,1-4H2,(H2,9,10,11,15,16). The van der Waals surface area contributed by atoms with Gasteiger partial charge in [0.25, 0.3) is 0 Å². The van der Waals surface area contributed by atoms with Gasteiger partial charge in [-0.15, -0.1) is 15.0 Å². The van der Waals surface area contributed by atoms with Crippen molar-refractivity contribution in [3.63, 3.8) is 0 Å². The Morgan fingerprint density at radius 3 is 1.76 bits per heavy atom. The van der Waals surface area contributed by atoms with Gasteiger partial charge in [-0.2, -0.15) is 0 Å². The molecule has 0 aliphatic rings. The number of hydrogen-bond donors (Lipinski definition) is 5. The molecule has 0 aromatic carbocycles. The molecule has 0 aliphatic carbocycles. The van der Waals surface area contributed by atoms with Crippen LogP contribution < -0.4 is 4.74 Å². The van der Waals surface area contributed by atoms with Crippen molar-refractivity contribution in [2.75, 3.05) is 26.4 Å². The predicted molar refractivity (Wildman–Crippen MR) is 52.3 cm³/mol. The Labute approximate surface area is 96.0 Å². The van der Waals surface area contributed by atoms with Crippen LogP contribution in [0.5, 0.6) is 18.0 Å². The average molecular weight is 247 g/mol. The molecular formula is C8H13N3O6. The number of aromatic nitrogens is 3. The van der Waals surface area contributed by atoms with Crippen molar-refractivity contribution >= 4 is 0 Å². The first kappa shape index (κ1) is 13.4. The zero-order valence-electron chi connectivity index (χ0n) is 8.81. The molecule has 1 rings (SSSR count). The third-order valence-electron chi connectivity index (χ3n) is 2.10. The Hall–Kier alpha value is -1.71. The Kier molecular flexibility index (Phi) is 4.37. The van der Waals surface area contributed by atoms with Crippen LogP contribution in [-0.4, -0.2) is 66.9 Å². The molecule has 5 N–H and O–H groups in total. The van der Waals surface area contributed by atoms with Crippen molar-refractivity contribution in [1.29, 1.82) is 0 Å². The molecule has 0 spiro atoms. The summed E-state index contributed by atoms with van der Waals surface area (Å²) in [5.41, 5.74) is -1.25. The van der Waals surface area contributed by atoms with Crippen molar-refractivity contribution < 1.29 is 30.3 Å². The SMILES string of the molecule is OCC(CO)(CO)COc1nc(O)nc(O)n1. The van der Waals surface area contributed by atoms with E-state index in [1.807, 2.05) is 0 Å². The molecule has 1 aromatic rings. The lowest BCUT2D eigenvalue weighted by Gasteiger charge is -2.26. The van der Waals surface area contributed by atoms with Crippen LogP contribution in [0, 0.1) is 5.41 Å². The summed E-state index contributed by atoms with van der Waals surface area (Å²) in [4.78, 5) is 9.79. The lowest BCUT2D eigenvalue weighted by atomic mass is 9.93.